The highest BCUT2D eigenvalue weighted by molar-refractivity contribution is 7.92. The van der Waals surface area contributed by atoms with E-state index in [4.69, 9.17) is 11.1 Å². The molecule has 0 radical (unpaired) electrons. The van der Waals surface area contributed by atoms with E-state index in [2.05, 4.69) is 14.7 Å². The van der Waals surface area contributed by atoms with E-state index >= 15 is 0 Å². The van der Waals surface area contributed by atoms with E-state index in [9.17, 15) is 13.2 Å². The van der Waals surface area contributed by atoms with Crippen LogP contribution in [0.4, 0.5) is 11.4 Å². The molecule has 0 saturated heterocycles. The molecule has 5 N–H and O–H groups in total. The van der Waals surface area contributed by atoms with Gasteiger partial charge >= 0.3 is 0 Å². The summed E-state index contributed by atoms with van der Waals surface area (Å²) in [5.74, 6) is 0.0378. The molecule has 0 atom stereocenters. The molecule has 1 aliphatic heterocycles. The maximum absolute atomic E-state index is 13.0. The molecule has 0 fully saturated rings. The number of carbonyl (C=O) groups excluding carboxylic acids is 1. The number of aromatic amines is 1. The zero-order valence-electron chi connectivity index (χ0n) is 19.5. The Balaban J connectivity index is 1.29. The second kappa shape index (κ2) is 9.46. The second-order valence-corrected chi connectivity index (χ2v) is 10.5. The first kappa shape index (κ1) is 23.6. The van der Waals surface area contributed by atoms with E-state index in [1.165, 1.54) is 12.4 Å². The third-order valence-electron chi connectivity index (χ3n) is 6.35. The number of imidazole rings is 1. The molecule has 184 valence electrons. The van der Waals surface area contributed by atoms with Crippen LogP contribution >= 0.6 is 0 Å². The molecule has 5 rings (SSSR count). The molecule has 9 nitrogen and oxygen atoms in total. The number of aromatic nitrogens is 2. The van der Waals surface area contributed by atoms with E-state index in [1.54, 1.807) is 35.2 Å². The molecule has 2 heterocycles. The van der Waals surface area contributed by atoms with Crippen molar-refractivity contribution in [3.05, 3.63) is 83.7 Å². The highest BCUT2D eigenvalue weighted by atomic mass is 32.2. The number of nitrogens with two attached hydrogens (primary N) is 1. The average Bonchev–Trinajstić information content (AvgIpc) is 3.35. The molecular weight excluding hydrogens is 476 g/mol. The second-order valence-electron chi connectivity index (χ2n) is 8.79. The fraction of sp³-hybridized carbons (Fsp3) is 0.192. The standard InChI is InChI=1S/C26H26N6O3S/c27-26(28)18-6-3-17(4-7-18)5-12-25(33)32-13-1-2-19-14-20(8-11-24(19)32)31-36(34,35)21-9-10-22-23(15-21)30-16-29-22/h3-4,6-11,14-16,31H,1-2,5,12-13H2,(H3,27,28)(H,29,30). The van der Waals surface area contributed by atoms with Gasteiger partial charge in [0.25, 0.3) is 10.0 Å². The Bertz CT molecular complexity index is 1560. The summed E-state index contributed by atoms with van der Waals surface area (Å²) >= 11 is 0. The number of aryl methyl sites for hydroxylation is 2. The summed E-state index contributed by atoms with van der Waals surface area (Å²) in [6.07, 6.45) is 4.03. The van der Waals surface area contributed by atoms with Crippen LogP contribution in [0.2, 0.25) is 0 Å². The molecule has 4 aromatic rings. The normalized spacial score (nSPS) is 13.4. The van der Waals surface area contributed by atoms with Crippen molar-refractivity contribution in [1.82, 2.24) is 9.97 Å². The Kier molecular flexibility index (Phi) is 6.19. The van der Waals surface area contributed by atoms with Crippen LogP contribution in [0.5, 0.6) is 0 Å². The lowest BCUT2D eigenvalue weighted by molar-refractivity contribution is -0.118. The number of fused-ring (bicyclic) bond motifs is 2. The fourth-order valence-corrected chi connectivity index (χ4v) is 5.53. The summed E-state index contributed by atoms with van der Waals surface area (Å²) in [6.45, 7) is 0.629. The molecule has 1 amide bonds. The highest BCUT2D eigenvalue weighted by Gasteiger charge is 2.23. The van der Waals surface area contributed by atoms with Crippen molar-refractivity contribution < 1.29 is 13.2 Å². The number of nitrogen functional groups attached to an aromatic ring is 1. The molecule has 1 aromatic heterocycles. The van der Waals surface area contributed by atoms with Crippen molar-refractivity contribution in [1.29, 1.82) is 5.41 Å². The summed E-state index contributed by atoms with van der Waals surface area (Å²) < 4.78 is 28.6. The predicted octanol–water partition coefficient (Wildman–Crippen LogP) is 3.56. The van der Waals surface area contributed by atoms with Gasteiger partial charge in [-0.2, -0.15) is 0 Å². The third-order valence-corrected chi connectivity index (χ3v) is 7.72. The topological polar surface area (TPSA) is 145 Å². The number of amidine groups is 1. The summed E-state index contributed by atoms with van der Waals surface area (Å²) in [7, 11) is -3.79. The van der Waals surface area contributed by atoms with E-state index in [1.807, 2.05) is 24.3 Å². The van der Waals surface area contributed by atoms with Crippen molar-refractivity contribution in [3.8, 4) is 0 Å². The van der Waals surface area contributed by atoms with Crippen LogP contribution < -0.4 is 15.4 Å². The van der Waals surface area contributed by atoms with Gasteiger partial charge in [-0.1, -0.05) is 24.3 Å². The lowest BCUT2D eigenvalue weighted by atomic mass is 10.00. The van der Waals surface area contributed by atoms with Gasteiger partial charge in [0.15, 0.2) is 0 Å². The minimum absolute atomic E-state index is 0.0168. The maximum atomic E-state index is 13.0. The van der Waals surface area contributed by atoms with Gasteiger partial charge in [0.05, 0.1) is 22.3 Å². The number of nitrogens with one attached hydrogen (secondary N) is 3. The van der Waals surface area contributed by atoms with Crippen LogP contribution in [0.25, 0.3) is 11.0 Å². The van der Waals surface area contributed by atoms with E-state index < -0.39 is 10.0 Å². The summed E-state index contributed by atoms with van der Waals surface area (Å²) in [4.78, 5) is 22.0. The van der Waals surface area contributed by atoms with Crippen LogP contribution in [-0.4, -0.2) is 36.7 Å². The summed E-state index contributed by atoms with van der Waals surface area (Å²) in [5.41, 5.74) is 10.7. The Morgan fingerprint density at radius 1 is 1.11 bits per heavy atom. The number of hydrogen-bond acceptors (Lipinski definition) is 5. The Labute approximate surface area is 208 Å². The fourth-order valence-electron chi connectivity index (χ4n) is 4.45. The van der Waals surface area contributed by atoms with Crippen LogP contribution in [0.3, 0.4) is 0 Å². The van der Waals surface area contributed by atoms with Crippen LogP contribution in [-0.2, 0) is 27.7 Å². The number of benzene rings is 3. The van der Waals surface area contributed by atoms with Crippen molar-refractivity contribution in [2.24, 2.45) is 5.73 Å². The van der Waals surface area contributed by atoms with E-state index in [-0.39, 0.29) is 16.6 Å². The number of amides is 1. The zero-order valence-corrected chi connectivity index (χ0v) is 20.3. The molecule has 0 bridgehead atoms. The lowest BCUT2D eigenvalue weighted by Crippen LogP contribution is -2.35. The largest absolute Gasteiger partial charge is 0.384 e. The molecule has 0 saturated carbocycles. The molecule has 0 unspecified atom stereocenters. The number of sulfonamides is 1. The minimum atomic E-state index is -3.79. The van der Waals surface area contributed by atoms with Crippen molar-refractivity contribution >= 4 is 44.2 Å². The van der Waals surface area contributed by atoms with Gasteiger partial charge < -0.3 is 15.6 Å². The lowest BCUT2D eigenvalue weighted by Gasteiger charge is -2.30. The highest BCUT2D eigenvalue weighted by Crippen LogP contribution is 2.31. The van der Waals surface area contributed by atoms with Gasteiger partial charge in [0.1, 0.15) is 5.84 Å². The first-order chi connectivity index (χ1) is 17.3. The SMILES string of the molecule is N=C(N)c1ccc(CCC(=O)N2CCCc3cc(NS(=O)(=O)c4ccc5nc[nH]c5c4)ccc32)cc1. The Morgan fingerprint density at radius 2 is 1.92 bits per heavy atom. The molecule has 10 heteroatoms. The summed E-state index contributed by atoms with van der Waals surface area (Å²) in [5, 5.41) is 7.48. The van der Waals surface area contributed by atoms with Gasteiger partial charge in [0.2, 0.25) is 5.91 Å². The van der Waals surface area contributed by atoms with E-state index in [0.717, 1.165) is 29.7 Å². The van der Waals surface area contributed by atoms with Gasteiger partial charge in [0, 0.05) is 29.9 Å². The zero-order chi connectivity index (χ0) is 25.3. The predicted molar refractivity (Wildman–Crippen MR) is 140 cm³/mol. The maximum Gasteiger partial charge on any atom is 0.261 e. The van der Waals surface area contributed by atoms with Crippen molar-refractivity contribution in [2.75, 3.05) is 16.2 Å². The van der Waals surface area contributed by atoms with Gasteiger partial charge in [-0.25, -0.2) is 13.4 Å². The number of H-pyrrole nitrogens is 1. The van der Waals surface area contributed by atoms with Crippen molar-refractivity contribution in [3.63, 3.8) is 0 Å². The number of hydrogen-bond donors (Lipinski definition) is 4. The van der Waals surface area contributed by atoms with Crippen LogP contribution in [0.1, 0.15) is 29.5 Å². The average molecular weight is 503 g/mol. The molecule has 0 aliphatic carbocycles. The van der Waals surface area contributed by atoms with Gasteiger partial charge in [-0.15, -0.1) is 0 Å². The van der Waals surface area contributed by atoms with Crippen LogP contribution in [0, 0.1) is 5.41 Å². The quantitative estimate of drug-likeness (QED) is 0.226. The van der Waals surface area contributed by atoms with Crippen LogP contribution in [0.15, 0.2) is 71.9 Å². The molecule has 36 heavy (non-hydrogen) atoms. The number of carbonyl (C=O) groups is 1. The van der Waals surface area contributed by atoms with Crippen molar-refractivity contribution in [2.45, 2.75) is 30.6 Å². The molecule has 3 aromatic carbocycles. The Morgan fingerprint density at radius 3 is 2.69 bits per heavy atom. The van der Waals surface area contributed by atoms with Gasteiger partial charge in [-0.3, -0.25) is 14.9 Å². The number of anilines is 2. The Hall–Kier alpha value is -4.18. The first-order valence-electron chi connectivity index (χ1n) is 11.6. The molecular formula is C26H26N6O3S. The monoisotopic (exact) mass is 502 g/mol. The smallest absolute Gasteiger partial charge is 0.261 e. The molecule has 0 spiro atoms. The van der Waals surface area contributed by atoms with E-state index in [0.29, 0.717) is 41.7 Å². The number of nitrogens with zero attached hydrogens (tertiary/aromatic N) is 2. The number of rotatable bonds is 7. The third kappa shape index (κ3) is 4.80. The summed E-state index contributed by atoms with van der Waals surface area (Å²) in [6, 6.07) is 17.4. The first-order valence-corrected chi connectivity index (χ1v) is 13.1. The minimum Gasteiger partial charge on any atom is -0.384 e. The van der Waals surface area contributed by atoms with Gasteiger partial charge in [-0.05, 0) is 66.8 Å². The molecule has 1 aliphatic rings.